The second-order valence-electron chi connectivity index (χ2n) is 9.40. The summed E-state index contributed by atoms with van der Waals surface area (Å²) in [7, 11) is -3.96. The third-order valence-electron chi connectivity index (χ3n) is 6.87. The first-order valence-corrected chi connectivity index (χ1v) is 14.4. The average Bonchev–Trinajstić information content (AvgIpc) is 3.34. The number of fused-ring (bicyclic) bond motifs is 1. The lowest BCUT2D eigenvalue weighted by molar-refractivity contribution is 0.0689. The van der Waals surface area contributed by atoms with Crippen molar-refractivity contribution in [3.8, 4) is 0 Å². The number of rotatable bonds is 5. The van der Waals surface area contributed by atoms with E-state index in [1.165, 1.54) is 10.5 Å². The number of aromatic nitrogens is 2. The average molecular weight is 616 g/mol. The monoisotopic (exact) mass is 614 g/mol. The van der Waals surface area contributed by atoms with Crippen molar-refractivity contribution in [3.05, 3.63) is 68.7 Å². The Kier molecular flexibility index (Phi) is 6.91. The van der Waals surface area contributed by atoms with E-state index in [-0.39, 0.29) is 24.1 Å². The first-order valence-electron chi connectivity index (χ1n) is 11.4. The molecule has 2 aromatic carbocycles. The molecule has 2 aliphatic heterocycles. The molecule has 3 aromatic rings. The minimum absolute atomic E-state index is 0.0109. The Morgan fingerprint density at radius 2 is 1.69 bits per heavy atom. The van der Waals surface area contributed by atoms with Gasteiger partial charge in [0.2, 0.25) is 5.95 Å². The van der Waals surface area contributed by atoms with Crippen LogP contribution in [-0.2, 0) is 22.0 Å². The van der Waals surface area contributed by atoms with Gasteiger partial charge in [0.15, 0.2) is 11.3 Å². The minimum Gasteiger partial charge on any atom is -0.393 e. The largest absolute Gasteiger partial charge is 0.393 e. The topological polar surface area (TPSA) is 98.9 Å². The number of benzene rings is 2. The van der Waals surface area contributed by atoms with Gasteiger partial charge in [-0.2, -0.15) is 4.31 Å². The quantitative estimate of drug-likeness (QED) is 0.438. The van der Waals surface area contributed by atoms with Gasteiger partial charge >= 0.3 is 0 Å². The summed E-state index contributed by atoms with van der Waals surface area (Å²) in [5.74, 6) is 0.274. The highest BCUT2D eigenvalue weighted by Gasteiger charge is 2.52. The van der Waals surface area contributed by atoms with Crippen molar-refractivity contribution >= 4 is 60.8 Å². The van der Waals surface area contributed by atoms with Gasteiger partial charge in [0.1, 0.15) is 0 Å². The maximum Gasteiger partial charge on any atom is 0.260 e. The van der Waals surface area contributed by atoms with Gasteiger partial charge in [0.05, 0.1) is 17.8 Å². The first-order chi connectivity index (χ1) is 17.0. The lowest BCUT2D eigenvalue weighted by atomic mass is 9.91. The van der Waals surface area contributed by atoms with E-state index in [0.717, 1.165) is 10.0 Å². The first kappa shape index (κ1) is 26.0. The van der Waals surface area contributed by atoms with Crippen molar-refractivity contribution < 1.29 is 18.6 Å². The fourth-order valence-electron chi connectivity index (χ4n) is 5.00. The van der Waals surface area contributed by atoms with Crippen LogP contribution in [0.15, 0.2) is 58.2 Å². The van der Waals surface area contributed by atoms with E-state index >= 15 is 0 Å². The number of aliphatic hydroxyl groups is 2. The Morgan fingerprint density at radius 3 is 2.31 bits per heavy atom. The van der Waals surface area contributed by atoms with Gasteiger partial charge in [-0.25, -0.2) is 13.4 Å². The maximum absolute atomic E-state index is 13.8. The number of hydrogen-bond acceptors (Lipinski definition) is 6. The number of sulfonamides is 1. The van der Waals surface area contributed by atoms with Crippen LogP contribution in [0, 0.1) is 0 Å². The molecular weight excluding hydrogens is 591 g/mol. The van der Waals surface area contributed by atoms with Crippen LogP contribution in [0.5, 0.6) is 0 Å². The van der Waals surface area contributed by atoms with Crippen LogP contribution in [0.2, 0.25) is 10.0 Å². The molecule has 1 fully saturated rings. The van der Waals surface area contributed by atoms with Gasteiger partial charge in [-0.05, 0) is 55.7 Å². The molecule has 192 valence electrons. The molecule has 2 aliphatic rings. The molecule has 1 saturated heterocycles. The molecule has 8 nitrogen and oxygen atoms in total. The van der Waals surface area contributed by atoms with Crippen LogP contribution in [0.25, 0.3) is 0 Å². The third-order valence-corrected chi connectivity index (χ3v) is 9.69. The fraction of sp³-hybridized carbons (Fsp3) is 0.375. The molecule has 0 saturated carbocycles. The Morgan fingerprint density at radius 1 is 1.08 bits per heavy atom. The zero-order chi connectivity index (χ0) is 25.8. The molecule has 2 atom stereocenters. The number of imidazole rings is 1. The number of nitrogens with zero attached hydrogens (tertiary/aromatic N) is 4. The summed E-state index contributed by atoms with van der Waals surface area (Å²) in [6.07, 6.45) is 0.715. The number of hydrogen-bond donors (Lipinski definition) is 2. The van der Waals surface area contributed by atoms with Gasteiger partial charge in [-0.1, -0.05) is 51.3 Å². The van der Waals surface area contributed by atoms with Crippen LogP contribution in [0.3, 0.4) is 0 Å². The van der Waals surface area contributed by atoms with Gasteiger partial charge < -0.3 is 10.2 Å². The Hall–Kier alpha value is -1.66. The summed E-state index contributed by atoms with van der Waals surface area (Å²) in [6.45, 7) is 2.24. The lowest BCUT2D eigenvalue weighted by Crippen LogP contribution is -2.47. The van der Waals surface area contributed by atoms with Crippen molar-refractivity contribution in [1.29, 1.82) is 0 Å². The fourth-order valence-corrected chi connectivity index (χ4v) is 7.44. The van der Waals surface area contributed by atoms with Gasteiger partial charge in [0.25, 0.3) is 10.0 Å². The van der Waals surface area contributed by atoms with Crippen molar-refractivity contribution in [2.75, 3.05) is 18.0 Å². The highest BCUT2D eigenvalue weighted by molar-refractivity contribution is 9.10. The predicted molar refractivity (Wildman–Crippen MR) is 142 cm³/mol. The van der Waals surface area contributed by atoms with E-state index in [1.807, 2.05) is 31.2 Å². The van der Waals surface area contributed by atoms with E-state index in [4.69, 9.17) is 23.2 Å². The van der Waals surface area contributed by atoms with Gasteiger partial charge in [0, 0.05) is 39.7 Å². The summed E-state index contributed by atoms with van der Waals surface area (Å²) < 4.78 is 31.5. The summed E-state index contributed by atoms with van der Waals surface area (Å²) in [5.41, 5.74) is 0.304. The summed E-state index contributed by atoms with van der Waals surface area (Å²) in [6, 6.07) is 12.6. The van der Waals surface area contributed by atoms with E-state index < -0.39 is 27.9 Å². The smallest absolute Gasteiger partial charge is 0.260 e. The number of piperidine rings is 1. The second-order valence-corrected chi connectivity index (χ2v) is 13.1. The molecule has 1 aromatic heterocycles. The minimum atomic E-state index is -3.96. The van der Waals surface area contributed by atoms with Crippen LogP contribution in [-0.4, -0.2) is 57.9 Å². The number of anilines is 2. The van der Waals surface area contributed by atoms with Crippen molar-refractivity contribution in [2.45, 2.75) is 49.1 Å². The van der Waals surface area contributed by atoms with Crippen LogP contribution in [0.4, 0.5) is 11.6 Å². The highest BCUT2D eigenvalue weighted by Crippen LogP contribution is 2.47. The van der Waals surface area contributed by atoms with E-state index in [2.05, 4.69) is 20.9 Å². The molecule has 3 heterocycles. The van der Waals surface area contributed by atoms with Crippen molar-refractivity contribution in [3.63, 3.8) is 0 Å². The third kappa shape index (κ3) is 4.47. The Bertz CT molecular complexity index is 1370. The van der Waals surface area contributed by atoms with Crippen molar-refractivity contribution in [2.24, 2.45) is 0 Å². The van der Waals surface area contributed by atoms with Gasteiger partial charge in [-0.15, -0.1) is 0 Å². The molecule has 2 N–H and O–H groups in total. The maximum atomic E-state index is 13.8. The standard InChI is InChI=1S/C24H25BrCl2N4O4S/c1-24(13-15-2-4-16(25)5-3-15)22(33)30(19-11-17(26)10-18(27)12-19)23-28-14-21(31(23)24)36(34,35)29-8-6-20(32)7-9-29/h2-5,10-12,14,20,22,32-33H,6-9,13H2,1H3/t22?,24-/m1/s1. The molecule has 5 rings (SSSR count). The second kappa shape index (κ2) is 9.58. The SMILES string of the molecule is C[C@@]1(Cc2ccc(Br)cc2)C(O)N(c2cc(Cl)cc(Cl)c2)c2ncc(S(=O)(=O)N3CCC(O)CC3)n21. The van der Waals surface area contributed by atoms with E-state index in [0.29, 0.717) is 35.0 Å². The van der Waals surface area contributed by atoms with Crippen LogP contribution >= 0.6 is 39.1 Å². The molecule has 0 radical (unpaired) electrons. The summed E-state index contributed by atoms with van der Waals surface area (Å²) >= 11 is 16.0. The normalized spacial score (nSPS) is 23.3. The van der Waals surface area contributed by atoms with Crippen molar-refractivity contribution in [1.82, 2.24) is 13.9 Å². The molecule has 0 bridgehead atoms. The molecule has 0 amide bonds. The molecular formula is C24H25BrCl2N4O4S. The van der Waals surface area contributed by atoms with E-state index in [1.54, 1.807) is 27.7 Å². The summed E-state index contributed by atoms with van der Waals surface area (Å²) in [5, 5.41) is 22.4. The molecule has 1 unspecified atom stereocenters. The Balaban J connectivity index is 1.66. The van der Waals surface area contributed by atoms with E-state index in [9.17, 15) is 18.6 Å². The Labute approximate surface area is 228 Å². The molecule has 0 aliphatic carbocycles. The zero-order valence-corrected chi connectivity index (χ0v) is 23.3. The van der Waals surface area contributed by atoms with Crippen LogP contribution < -0.4 is 4.90 Å². The number of aliphatic hydroxyl groups excluding tert-OH is 2. The lowest BCUT2D eigenvalue weighted by Gasteiger charge is -2.34. The predicted octanol–water partition coefficient (Wildman–Crippen LogP) is 4.53. The molecule has 0 spiro atoms. The number of halogens is 3. The zero-order valence-electron chi connectivity index (χ0n) is 19.4. The molecule has 36 heavy (non-hydrogen) atoms. The molecule has 12 heteroatoms. The summed E-state index contributed by atoms with van der Waals surface area (Å²) in [4.78, 5) is 6.04. The van der Waals surface area contributed by atoms with Gasteiger partial charge in [-0.3, -0.25) is 9.47 Å². The highest BCUT2D eigenvalue weighted by atomic mass is 79.9. The van der Waals surface area contributed by atoms with Crippen LogP contribution in [0.1, 0.15) is 25.3 Å².